The van der Waals surface area contributed by atoms with Crippen LogP contribution in [-0.2, 0) is 5.75 Å². The van der Waals surface area contributed by atoms with Crippen molar-refractivity contribution in [3.63, 3.8) is 0 Å². The van der Waals surface area contributed by atoms with Crippen molar-refractivity contribution in [2.45, 2.75) is 24.8 Å². The van der Waals surface area contributed by atoms with Gasteiger partial charge in [-0.15, -0.1) is 0 Å². The van der Waals surface area contributed by atoms with Crippen molar-refractivity contribution in [3.05, 3.63) is 75.6 Å². The number of ether oxygens (including phenoxy) is 4. The number of methoxy groups -OCH3 is 4. The van der Waals surface area contributed by atoms with Crippen LogP contribution in [0.1, 0.15) is 16.7 Å². The molecule has 1 heterocycles. The van der Waals surface area contributed by atoms with Crippen LogP contribution in [0, 0.1) is 13.8 Å². The van der Waals surface area contributed by atoms with E-state index < -0.39 is 0 Å². The molecule has 0 spiro atoms. The quantitative estimate of drug-likeness (QED) is 0.243. The predicted octanol–water partition coefficient (Wildman–Crippen LogP) is 5.33. The second-order valence-corrected chi connectivity index (χ2v) is 8.93. The van der Waals surface area contributed by atoms with Crippen LogP contribution in [0.2, 0.25) is 0 Å². The second-order valence-electron chi connectivity index (χ2n) is 7.99. The summed E-state index contributed by atoms with van der Waals surface area (Å²) in [4.78, 5) is 18.8. The lowest BCUT2D eigenvalue weighted by molar-refractivity contribution is 0.326. The number of aryl methyl sites for hydroxylation is 2. The third-order valence-electron chi connectivity index (χ3n) is 5.89. The molecule has 0 fully saturated rings. The lowest BCUT2D eigenvalue weighted by Gasteiger charge is -2.18. The minimum atomic E-state index is -0.245. The Morgan fingerprint density at radius 1 is 0.857 bits per heavy atom. The SMILES string of the molecule is COc1cccc(-n2c(SCc3ccc(C)c(C)c3)nc3c(OC)c(OC)c(OC)cc3c2=O)c1. The number of hydrogen-bond acceptors (Lipinski definition) is 7. The van der Waals surface area contributed by atoms with E-state index in [0.29, 0.717) is 50.5 Å². The smallest absolute Gasteiger partial charge is 0.266 e. The van der Waals surface area contributed by atoms with Gasteiger partial charge < -0.3 is 18.9 Å². The Balaban J connectivity index is 1.96. The van der Waals surface area contributed by atoms with Crippen LogP contribution in [-0.4, -0.2) is 38.0 Å². The molecule has 0 bridgehead atoms. The fraction of sp³-hybridized carbons (Fsp3) is 0.259. The molecule has 0 amide bonds. The molecule has 0 N–H and O–H groups in total. The van der Waals surface area contributed by atoms with Gasteiger partial charge in [-0.25, -0.2) is 4.98 Å². The summed E-state index contributed by atoms with van der Waals surface area (Å²) in [5.74, 6) is 2.41. The number of hydrogen-bond donors (Lipinski definition) is 0. The van der Waals surface area contributed by atoms with Gasteiger partial charge in [-0.2, -0.15) is 0 Å². The van der Waals surface area contributed by atoms with E-state index in [-0.39, 0.29) is 5.56 Å². The zero-order valence-corrected chi connectivity index (χ0v) is 21.5. The highest BCUT2D eigenvalue weighted by Crippen LogP contribution is 2.42. The standard InChI is InChI=1S/C27H28N2O5S/c1-16-10-11-18(12-17(16)2)15-35-27-28-23-21(14-22(32-4)24(33-5)25(23)34-6)26(30)29(27)19-8-7-9-20(13-19)31-3/h7-14H,15H2,1-6H3. The average Bonchev–Trinajstić information content (AvgIpc) is 2.88. The lowest BCUT2D eigenvalue weighted by atomic mass is 10.1. The minimum absolute atomic E-state index is 0.245. The minimum Gasteiger partial charge on any atom is -0.497 e. The van der Waals surface area contributed by atoms with Crippen molar-refractivity contribution < 1.29 is 18.9 Å². The third-order valence-corrected chi connectivity index (χ3v) is 6.90. The van der Waals surface area contributed by atoms with Crippen molar-refractivity contribution in [2.24, 2.45) is 0 Å². The largest absolute Gasteiger partial charge is 0.497 e. The highest BCUT2D eigenvalue weighted by molar-refractivity contribution is 7.98. The molecule has 4 rings (SSSR count). The molecule has 7 nitrogen and oxygen atoms in total. The lowest BCUT2D eigenvalue weighted by Crippen LogP contribution is -2.22. The summed E-state index contributed by atoms with van der Waals surface area (Å²) in [5.41, 5.74) is 4.42. The molecule has 0 aliphatic carbocycles. The fourth-order valence-corrected chi connectivity index (χ4v) is 4.83. The highest BCUT2D eigenvalue weighted by Gasteiger charge is 2.23. The van der Waals surface area contributed by atoms with Gasteiger partial charge in [-0.1, -0.05) is 36.0 Å². The molecule has 35 heavy (non-hydrogen) atoms. The zero-order valence-electron chi connectivity index (χ0n) is 20.7. The van der Waals surface area contributed by atoms with Crippen molar-refractivity contribution in [2.75, 3.05) is 28.4 Å². The molecule has 0 saturated heterocycles. The number of nitrogens with zero attached hydrogens (tertiary/aromatic N) is 2. The summed E-state index contributed by atoms with van der Waals surface area (Å²) in [6.07, 6.45) is 0. The molecular formula is C27H28N2O5S. The predicted molar refractivity (Wildman–Crippen MR) is 139 cm³/mol. The molecule has 8 heteroatoms. The molecule has 1 aromatic heterocycles. The maximum atomic E-state index is 13.9. The molecule has 182 valence electrons. The number of fused-ring (bicyclic) bond motifs is 1. The Morgan fingerprint density at radius 2 is 1.63 bits per heavy atom. The first-order valence-corrected chi connectivity index (χ1v) is 12.0. The zero-order chi connectivity index (χ0) is 25.1. The van der Waals surface area contributed by atoms with Crippen LogP contribution < -0.4 is 24.5 Å². The van der Waals surface area contributed by atoms with Crippen molar-refractivity contribution in [1.82, 2.24) is 9.55 Å². The van der Waals surface area contributed by atoms with Crippen LogP contribution in [0.3, 0.4) is 0 Å². The van der Waals surface area contributed by atoms with E-state index in [2.05, 4.69) is 32.0 Å². The monoisotopic (exact) mass is 492 g/mol. The fourth-order valence-electron chi connectivity index (χ4n) is 3.88. The maximum Gasteiger partial charge on any atom is 0.266 e. The normalized spacial score (nSPS) is 10.9. The van der Waals surface area contributed by atoms with Crippen LogP contribution in [0.4, 0.5) is 0 Å². The van der Waals surface area contributed by atoms with Crippen LogP contribution in [0.15, 0.2) is 58.5 Å². The summed E-state index contributed by atoms with van der Waals surface area (Å²) in [5, 5.41) is 0.886. The summed E-state index contributed by atoms with van der Waals surface area (Å²) < 4.78 is 23.6. The van der Waals surface area contributed by atoms with Crippen LogP contribution in [0.5, 0.6) is 23.0 Å². The first-order valence-electron chi connectivity index (χ1n) is 11.0. The highest BCUT2D eigenvalue weighted by atomic mass is 32.2. The first-order chi connectivity index (χ1) is 16.9. The Hall–Kier alpha value is -3.65. The van der Waals surface area contributed by atoms with Gasteiger partial charge in [0.05, 0.1) is 39.5 Å². The Labute approximate surface area is 208 Å². The van der Waals surface area contributed by atoms with Gasteiger partial charge in [0.15, 0.2) is 16.7 Å². The molecule has 0 atom stereocenters. The van der Waals surface area contributed by atoms with Gasteiger partial charge in [0, 0.05) is 11.8 Å². The van der Waals surface area contributed by atoms with Gasteiger partial charge in [0.2, 0.25) is 5.75 Å². The van der Waals surface area contributed by atoms with Crippen molar-refractivity contribution in [1.29, 1.82) is 0 Å². The van der Waals surface area contributed by atoms with Gasteiger partial charge in [-0.3, -0.25) is 9.36 Å². The summed E-state index contributed by atoms with van der Waals surface area (Å²) in [7, 11) is 6.16. The summed E-state index contributed by atoms with van der Waals surface area (Å²) in [6.45, 7) is 4.18. The average molecular weight is 493 g/mol. The Morgan fingerprint density at radius 3 is 2.29 bits per heavy atom. The van der Waals surface area contributed by atoms with Gasteiger partial charge >= 0.3 is 0 Å². The number of rotatable bonds is 8. The second kappa shape index (κ2) is 10.3. The van der Waals surface area contributed by atoms with Crippen LogP contribution in [0.25, 0.3) is 16.6 Å². The Kier molecular flexibility index (Phi) is 7.21. The van der Waals surface area contributed by atoms with E-state index in [1.54, 1.807) is 17.7 Å². The number of aromatic nitrogens is 2. The molecule has 0 radical (unpaired) electrons. The molecule has 4 aromatic rings. The van der Waals surface area contributed by atoms with Gasteiger partial charge in [0.25, 0.3) is 5.56 Å². The van der Waals surface area contributed by atoms with Crippen molar-refractivity contribution >= 4 is 22.7 Å². The first kappa shape index (κ1) is 24.5. The van der Waals surface area contributed by atoms with E-state index in [9.17, 15) is 4.79 Å². The van der Waals surface area contributed by atoms with E-state index >= 15 is 0 Å². The number of benzene rings is 3. The Bertz CT molecular complexity index is 1450. The molecule has 3 aromatic carbocycles. The molecule has 0 unspecified atom stereocenters. The van der Waals surface area contributed by atoms with E-state index in [0.717, 1.165) is 5.56 Å². The third kappa shape index (κ3) is 4.66. The van der Waals surface area contributed by atoms with Crippen molar-refractivity contribution in [3.8, 4) is 28.7 Å². The molecule has 0 aliphatic rings. The topological polar surface area (TPSA) is 71.8 Å². The summed E-state index contributed by atoms with van der Waals surface area (Å²) in [6, 6.07) is 15.3. The maximum absolute atomic E-state index is 13.9. The van der Waals surface area contributed by atoms with E-state index in [4.69, 9.17) is 23.9 Å². The van der Waals surface area contributed by atoms with E-state index in [1.165, 1.54) is 44.2 Å². The molecular weight excluding hydrogens is 464 g/mol. The van der Waals surface area contributed by atoms with Crippen LogP contribution >= 0.6 is 11.8 Å². The number of thioether (sulfide) groups is 1. The van der Waals surface area contributed by atoms with E-state index in [1.807, 2.05) is 24.3 Å². The molecule has 0 saturated carbocycles. The molecule has 0 aliphatic heterocycles. The van der Waals surface area contributed by atoms with Gasteiger partial charge in [0.1, 0.15) is 11.3 Å². The van der Waals surface area contributed by atoms with Gasteiger partial charge in [-0.05, 0) is 48.7 Å². The summed E-state index contributed by atoms with van der Waals surface area (Å²) >= 11 is 1.48.